The fourth-order valence-corrected chi connectivity index (χ4v) is 6.69. The molecule has 3 aliphatic rings. The van der Waals surface area contributed by atoms with Gasteiger partial charge in [-0.25, -0.2) is 9.67 Å². The highest BCUT2D eigenvalue weighted by Crippen LogP contribution is 2.44. The highest BCUT2D eigenvalue weighted by molar-refractivity contribution is 5.91. The van der Waals surface area contributed by atoms with Crippen LogP contribution in [0.1, 0.15) is 62.6 Å². The molecule has 8 heteroatoms. The van der Waals surface area contributed by atoms with E-state index >= 15 is 0 Å². The number of amides is 1. The Morgan fingerprint density at radius 3 is 2.32 bits per heavy atom. The highest BCUT2D eigenvalue weighted by Gasteiger charge is 2.36. The summed E-state index contributed by atoms with van der Waals surface area (Å²) in [6.07, 6.45) is 4.94. The van der Waals surface area contributed by atoms with E-state index in [2.05, 4.69) is 86.4 Å². The van der Waals surface area contributed by atoms with E-state index in [0.717, 1.165) is 35.7 Å². The number of hydrogen-bond acceptors (Lipinski definition) is 6. The Hall–Kier alpha value is -3.65. The van der Waals surface area contributed by atoms with Gasteiger partial charge in [-0.15, -0.1) is 5.10 Å². The number of carbonyl (C=O) groups is 1. The number of hydrogen-bond donors (Lipinski definition) is 0. The van der Waals surface area contributed by atoms with E-state index in [0.29, 0.717) is 31.0 Å². The fraction of sp³-hybridized carbons (Fsp3) is 0.485. The summed E-state index contributed by atoms with van der Waals surface area (Å²) in [6, 6.07) is 16.0. The van der Waals surface area contributed by atoms with Crippen LogP contribution in [0.2, 0.25) is 0 Å². The number of piperazine rings is 1. The number of likely N-dealkylation sites (N-methyl/N-ethyl adjacent to an activating group) is 1. The molecule has 41 heavy (non-hydrogen) atoms. The third-order valence-corrected chi connectivity index (χ3v) is 9.33. The first kappa shape index (κ1) is 27.5. The summed E-state index contributed by atoms with van der Waals surface area (Å²) < 4.78 is 1.84. The lowest BCUT2D eigenvalue weighted by molar-refractivity contribution is 0.0584. The van der Waals surface area contributed by atoms with E-state index in [4.69, 9.17) is 10.1 Å². The van der Waals surface area contributed by atoms with Crippen LogP contribution in [0.25, 0.3) is 17.1 Å². The zero-order chi connectivity index (χ0) is 28.8. The molecule has 1 amide bonds. The molecule has 2 fully saturated rings. The average Bonchev–Trinajstić information content (AvgIpc) is 3.67. The van der Waals surface area contributed by atoms with Crippen LogP contribution in [0.5, 0.6) is 0 Å². The maximum Gasteiger partial charge on any atom is 0.293 e. The molecule has 0 bridgehead atoms. The molecule has 3 heterocycles. The summed E-state index contributed by atoms with van der Waals surface area (Å²) in [5, 5.41) is 4.83. The maximum atomic E-state index is 13.7. The summed E-state index contributed by atoms with van der Waals surface area (Å²) in [5.41, 5.74) is 6.50. The van der Waals surface area contributed by atoms with Crippen LogP contribution in [0.3, 0.4) is 0 Å². The van der Waals surface area contributed by atoms with E-state index in [1.165, 1.54) is 36.9 Å². The second kappa shape index (κ2) is 11.0. The molecule has 0 unspecified atom stereocenters. The minimum atomic E-state index is -0.101. The molecule has 0 spiro atoms. The lowest BCUT2D eigenvalue weighted by Crippen LogP contribution is -2.50. The lowest BCUT2D eigenvalue weighted by atomic mass is 9.99. The van der Waals surface area contributed by atoms with Gasteiger partial charge in [0.25, 0.3) is 5.91 Å². The zero-order valence-electron chi connectivity index (χ0n) is 25.2. The molecule has 216 valence electrons. The standard InChI is InChI=1S/C33H43N7O/c1-22(2)37-17-19-38(20-18-37)33(41)31-34-32(40(35-31)28-14-11-23(3)12-15-28)26-13-16-29-30(21-26)39(27-9-7-8-10-27)25(5)24(4)36(29)6/h11-16,21-22,25,27H,4,7-10,17-20H2,1-3,5-6H3/t25-/m1/s1. The van der Waals surface area contributed by atoms with Gasteiger partial charge in [-0.3, -0.25) is 9.69 Å². The minimum Gasteiger partial charge on any atom is -0.359 e. The van der Waals surface area contributed by atoms with Crippen molar-refractivity contribution in [2.75, 3.05) is 43.0 Å². The first-order valence-corrected chi connectivity index (χ1v) is 15.2. The lowest BCUT2D eigenvalue weighted by Gasteiger charge is -2.46. The van der Waals surface area contributed by atoms with Crippen LogP contribution in [-0.4, -0.2) is 81.8 Å². The topological polar surface area (TPSA) is 60.7 Å². The van der Waals surface area contributed by atoms with Gasteiger partial charge in [0.1, 0.15) is 0 Å². The minimum absolute atomic E-state index is 0.101. The van der Waals surface area contributed by atoms with Gasteiger partial charge in [-0.1, -0.05) is 37.1 Å². The predicted molar refractivity (Wildman–Crippen MR) is 166 cm³/mol. The fourth-order valence-electron chi connectivity index (χ4n) is 6.69. The highest BCUT2D eigenvalue weighted by atomic mass is 16.2. The van der Waals surface area contributed by atoms with Crippen molar-refractivity contribution < 1.29 is 4.79 Å². The Labute approximate surface area is 244 Å². The summed E-state index contributed by atoms with van der Waals surface area (Å²) in [6.45, 7) is 16.3. The monoisotopic (exact) mass is 553 g/mol. The predicted octanol–water partition coefficient (Wildman–Crippen LogP) is 5.51. The number of fused-ring (bicyclic) bond motifs is 1. The molecule has 1 saturated carbocycles. The van der Waals surface area contributed by atoms with Crippen LogP contribution in [0, 0.1) is 6.92 Å². The normalized spacial score (nSPS) is 20.3. The van der Waals surface area contributed by atoms with Crippen LogP contribution >= 0.6 is 0 Å². The Morgan fingerprint density at radius 1 is 0.976 bits per heavy atom. The second-order valence-corrected chi connectivity index (χ2v) is 12.2. The number of rotatable bonds is 5. The summed E-state index contributed by atoms with van der Waals surface area (Å²) >= 11 is 0. The molecule has 2 aliphatic heterocycles. The Balaban J connectivity index is 1.41. The van der Waals surface area contributed by atoms with Crippen molar-refractivity contribution in [3.05, 3.63) is 66.1 Å². The Morgan fingerprint density at radius 2 is 1.66 bits per heavy atom. The number of anilines is 2. The van der Waals surface area contributed by atoms with E-state index in [-0.39, 0.29) is 17.8 Å². The van der Waals surface area contributed by atoms with Crippen LogP contribution < -0.4 is 9.80 Å². The average molecular weight is 554 g/mol. The summed E-state index contributed by atoms with van der Waals surface area (Å²) in [7, 11) is 2.11. The third-order valence-electron chi connectivity index (χ3n) is 9.33. The molecule has 1 saturated heterocycles. The van der Waals surface area contributed by atoms with Crippen molar-refractivity contribution in [2.24, 2.45) is 0 Å². The number of carbonyl (C=O) groups excluding carboxylic acids is 1. The summed E-state index contributed by atoms with van der Waals surface area (Å²) in [4.78, 5) is 27.7. The molecule has 2 aromatic carbocycles. The molecular weight excluding hydrogens is 510 g/mol. The van der Waals surface area contributed by atoms with Gasteiger partial charge in [0, 0.05) is 56.6 Å². The maximum absolute atomic E-state index is 13.7. The second-order valence-electron chi connectivity index (χ2n) is 12.2. The quantitative estimate of drug-likeness (QED) is 0.415. The zero-order valence-corrected chi connectivity index (χ0v) is 25.2. The van der Waals surface area contributed by atoms with Crippen LogP contribution in [0.15, 0.2) is 54.7 Å². The molecule has 1 atom stereocenters. The molecule has 0 radical (unpaired) electrons. The molecule has 1 aromatic heterocycles. The van der Waals surface area contributed by atoms with E-state index < -0.39 is 0 Å². The number of aromatic nitrogens is 3. The van der Waals surface area contributed by atoms with Crippen molar-refractivity contribution in [1.29, 1.82) is 0 Å². The molecule has 6 rings (SSSR count). The van der Waals surface area contributed by atoms with E-state index in [1.54, 1.807) is 0 Å². The largest absolute Gasteiger partial charge is 0.359 e. The van der Waals surface area contributed by atoms with Crippen molar-refractivity contribution in [3.8, 4) is 17.1 Å². The van der Waals surface area contributed by atoms with Crippen molar-refractivity contribution in [3.63, 3.8) is 0 Å². The van der Waals surface area contributed by atoms with Gasteiger partial charge in [0.05, 0.1) is 23.1 Å². The van der Waals surface area contributed by atoms with Gasteiger partial charge in [0.2, 0.25) is 5.82 Å². The molecule has 1 aliphatic carbocycles. The van der Waals surface area contributed by atoms with Gasteiger partial charge in [-0.2, -0.15) is 0 Å². The van der Waals surface area contributed by atoms with Gasteiger partial charge < -0.3 is 14.7 Å². The number of nitrogens with zero attached hydrogens (tertiary/aromatic N) is 7. The van der Waals surface area contributed by atoms with Crippen LogP contribution in [0.4, 0.5) is 11.4 Å². The number of aryl methyl sites for hydroxylation is 1. The molecular formula is C33H43N7O. The first-order valence-electron chi connectivity index (χ1n) is 15.2. The Kier molecular flexibility index (Phi) is 7.36. The van der Waals surface area contributed by atoms with Crippen molar-refractivity contribution >= 4 is 17.3 Å². The van der Waals surface area contributed by atoms with Crippen molar-refractivity contribution in [1.82, 2.24) is 24.6 Å². The summed E-state index contributed by atoms with van der Waals surface area (Å²) in [5.74, 6) is 0.838. The molecule has 8 nitrogen and oxygen atoms in total. The van der Waals surface area contributed by atoms with Crippen LogP contribution in [-0.2, 0) is 0 Å². The van der Waals surface area contributed by atoms with Gasteiger partial charge >= 0.3 is 0 Å². The first-order chi connectivity index (χ1) is 19.7. The molecule has 3 aromatic rings. The van der Waals surface area contributed by atoms with Gasteiger partial charge in [0.15, 0.2) is 5.82 Å². The number of benzene rings is 2. The SMILES string of the molecule is C=C1[C@@H](C)N(C2CCCC2)c2cc(-c3nc(C(=O)N4CCN(C(C)C)CC4)nn3-c3ccc(C)cc3)ccc2N1C. The Bertz CT molecular complexity index is 1430. The third kappa shape index (κ3) is 5.03. The van der Waals surface area contributed by atoms with Crippen molar-refractivity contribution in [2.45, 2.75) is 71.5 Å². The van der Waals surface area contributed by atoms with E-state index in [9.17, 15) is 4.79 Å². The molecule has 0 N–H and O–H groups in total. The van der Waals surface area contributed by atoms with Gasteiger partial charge in [-0.05, 0) is 70.9 Å². The van der Waals surface area contributed by atoms with E-state index in [1.807, 2.05) is 21.7 Å². The smallest absolute Gasteiger partial charge is 0.293 e.